The van der Waals surface area contributed by atoms with Gasteiger partial charge in [0.25, 0.3) is 0 Å². The van der Waals surface area contributed by atoms with E-state index in [1.807, 2.05) is 67.6 Å². The quantitative estimate of drug-likeness (QED) is 0.0802. The van der Waals surface area contributed by atoms with Crippen molar-refractivity contribution in [3.05, 3.63) is 89.2 Å². The van der Waals surface area contributed by atoms with Gasteiger partial charge < -0.3 is 28.4 Å². The minimum Gasteiger partial charge on any atom is -0.493 e. The Hall–Kier alpha value is -4.27. The van der Waals surface area contributed by atoms with Crippen molar-refractivity contribution in [3.8, 4) is 40.1 Å². The van der Waals surface area contributed by atoms with Crippen molar-refractivity contribution in [2.45, 2.75) is 73.5 Å². The van der Waals surface area contributed by atoms with Gasteiger partial charge >= 0.3 is 0 Å². The molecule has 0 amide bonds. The lowest BCUT2D eigenvalue weighted by molar-refractivity contribution is 0.248. The predicted octanol–water partition coefficient (Wildman–Crippen LogP) is 10.1. The van der Waals surface area contributed by atoms with Gasteiger partial charge in [0.1, 0.15) is 40.9 Å². The van der Waals surface area contributed by atoms with Gasteiger partial charge in [0.15, 0.2) is 5.75 Å². The van der Waals surface area contributed by atoms with Crippen LogP contribution >= 0.6 is 11.6 Å². The molecule has 0 aliphatic carbocycles. The van der Waals surface area contributed by atoms with Gasteiger partial charge in [-0.3, -0.25) is 4.98 Å². The molecule has 0 atom stereocenters. The summed E-state index contributed by atoms with van der Waals surface area (Å²) in [5.74, 6) is 4.30. The Morgan fingerprint density at radius 2 is 1.57 bits per heavy atom. The summed E-state index contributed by atoms with van der Waals surface area (Å²) in [5.41, 5.74) is 4.41. The summed E-state index contributed by atoms with van der Waals surface area (Å²) in [7, 11) is 0. The van der Waals surface area contributed by atoms with E-state index in [2.05, 4.69) is 48.2 Å². The largest absolute Gasteiger partial charge is 0.493 e. The third-order valence-electron chi connectivity index (χ3n) is 8.43. The average molecular weight is 685 g/mol. The molecule has 3 aromatic carbocycles. The molecular weight excluding hydrogens is 636 g/mol. The molecule has 0 unspecified atom stereocenters. The van der Waals surface area contributed by atoms with Crippen molar-refractivity contribution in [1.82, 2.24) is 19.4 Å². The van der Waals surface area contributed by atoms with E-state index < -0.39 is 0 Å². The lowest BCUT2D eigenvalue weighted by Crippen LogP contribution is -2.25. The van der Waals surface area contributed by atoms with Crippen molar-refractivity contribution in [2.75, 3.05) is 32.8 Å². The maximum atomic E-state index is 6.50. The molecule has 0 saturated heterocycles. The first kappa shape index (κ1) is 36.0. The second kappa shape index (κ2) is 17.9. The molecule has 0 saturated carbocycles. The highest BCUT2D eigenvalue weighted by atomic mass is 35.5. The third kappa shape index (κ3) is 9.46. The molecule has 8 nitrogen and oxygen atoms in total. The SMILES string of the molecule is CCCCn1c(-c2ccc(Oc3ccc(Cl)c(C)c3)cc2OCc2ccccn2)nc2c(OCCC)cc(OCCCN(CC)CC)cc21. The van der Waals surface area contributed by atoms with E-state index in [4.69, 9.17) is 35.5 Å². The van der Waals surface area contributed by atoms with Crippen LogP contribution in [-0.4, -0.2) is 52.3 Å². The summed E-state index contributed by atoms with van der Waals surface area (Å²) in [5, 5.41) is 0.698. The molecule has 2 aromatic heterocycles. The number of aryl methyl sites for hydroxylation is 2. The van der Waals surface area contributed by atoms with Gasteiger partial charge in [-0.25, -0.2) is 4.98 Å². The topological polar surface area (TPSA) is 70.9 Å². The monoisotopic (exact) mass is 684 g/mol. The number of hydrogen-bond acceptors (Lipinski definition) is 7. The summed E-state index contributed by atoms with van der Waals surface area (Å²) in [6, 6.07) is 21.4. The fourth-order valence-electron chi connectivity index (χ4n) is 5.66. The number of rotatable bonds is 19. The van der Waals surface area contributed by atoms with E-state index in [1.54, 1.807) is 6.20 Å². The number of aromatic nitrogens is 3. The van der Waals surface area contributed by atoms with Gasteiger partial charge in [-0.15, -0.1) is 0 Å². The highest BCUT2D eigenvalue weighted by Crippen LogP contribution is 2.40. The zero-order chi connectivity index (χ0) is 34.6. The fourth-order valence-corrected chi connectivity index (χ4v) is 5.78. The molecule has 0 fully saturated rings. The first-order chi connectivity index (χ1) is 23.9. The molecular formula is C40H49ClN4O4. The minimum atomic E-state index is 0.295. The number of nitrogens with zero attached hydrogens (tertiary/aromatic N) is 4. The van der Waals surface area contributed by atoms with Gasteiger partial charge in [0.2, 0.25) is 0 Å². The van der Waals surface area contributed by atoms with E-state index in [1.165, 1.54) is 0 Å². The van der Waals surface area contributed by atoms with E-state index in [-0.39, 0.29) is 0 Å². The number of benzene rings is 3. The predicted molar refractivity (Wildman–Crippen MR) is 199 cm³/mol. The van der Waals surface area contributed by atoms with Crippen LogP contribution in [0.3, 0.4) is 0 Å². The smallest absolute Gasteiger partial charge is 0.150 e. The Labute approximate surface area is 295 Å². The average Bonchev–Trinajstić information content (AvgIpc) is 3.49. The molecule has 49 heavy (non-hydrogen) atoms. The number of pyridine rings is 1. The van der Waals surface area contributed by atoms with Gasteiger partial charge in [-0.2, -0.15) is 0 Å². The summed E-state index contributed by atoms with van der Waals surface area (Å²) >= 11 is 6.27. The van der Waals surface area contributed by atoms with Crippen molar-refractivity contribution in [1.29, 1.82) is 0 Å². The lowest BCUT2D eigenvalue weighted by Gasteiger charge is -2.18. The Morgan fingerprint density at radius 3 is 2.31 bits per heavy atom. The summed E-state index contributed by atoms with van der Waals surface area (Å²) < 4.78 is 27.7. The Balaban J connectivity index is 1.56. The molecule has 260 valence electrons. The number of hydrogen-bond donors (Lipinski definition) is 0. The Morgan fingerprint density at radius 1 is 0.776 bits per heavy atom. The van der Waals surface area contributed by atoms with E-state index >= 15 is 0 Å². The number of halogens is 1. The van der Waals surface area contributed by atoms with Crippen LogP contribution < -0.4 is 18.9 Å². The molecule has 9 heteroatoms. The summed E-state index contributed by atoms with van der Waals surface area (Å²) in [4.78, 5) is 12.1. The van der Waals surface area contributed by atoms with Crippen LogP contribution in [0, 0.1) is 6.92 Å². The molecule has 0 spiro atoms. The molecule has 5 rings (SSSR count). The van der Waals surface area contributed by atoms with Crippen molar-refractivity contribution >= 4 is 22.6 Å². The number of fused-ring (bicyclic) bond motifs is 1. The maximum Gasteiger partial charge on any atom is 0.150 e. The van der Waals surface area contributed by atoms with E-state index in [9.17, 15) is 0 Å². The van der Waals surface area contributed by atoms with Crippen LogP contribution in [0.4, 0.5) is 0 Å². The zero-order valence-corrected chi connectivity index (χ0v) is 30.3. The van der Waals surface area contributed by atoms with Crippen molar-refractivity contribution in [2.24, 2.45) is 0 Å². The van der Waals surface area contributed by atoms with E-state index in [0.717, 1.165) is 97.0 Å². The highest BCUT2D eigenvalue weighted by molar-refractivity contribution is 6.31. The Kier molecular flexibility index (Phi) is 13.2. The standard InChI is InChI=1S/C40H49ClN4O4/c1-6-10-21-45-36-25-33(46-23-13-20-44(8-3)9-4)27-38(47-22-7-2)39(36)43-40(45)34-17-15-32(49-31-16-18-35(41)29(5)24-31)26-37(34)48-28-30-14-11-12-19-42-30/h11-12,14-19,24-27H,6-10,13,20-23,28H2,1-5H3. The van der Waals surface area contributed by atoms with Crippen molar-refractivity contribution in [3.63, 3.8) is 0 Å². The highest BCUT2D eigenvalue weighted by Gasteiger charge is 2.21. The summed E-state index contributed by atoms with van der Waals surface area (Å²) in [6.07, 6.45) is 5.63. The first-order valence-electron chi connectivity index (χ1n) is 17.6. The van der Waals surface area contributed by atoms with Crippen LogP contribution in [-0.2, 0) is 13.2 Å². The van der Waals surface area contributed by atoms with Crippen LogP contribution in [0.15, 0.2) is 72.9 Å². The maximum absolute atomic E-state index is 6.50. The van der Waals surface area contributed by atoms with Crippen LogP contribution in [0.25, 0.3) is 22.4 Å². The number of unbranched alkanes of at least 4 members (excludes halogenated alkanes) is 1. The van der Waals surface area contributed by atoms with Gasteiger partial charge in [0.05, 0.1) is 30.0 Å². The fraction of sp³-hybridized carbons (Fsp3) is 0.400. The number of ether oxygens (including phenoxy) is 4. The third-order valence-corrected chi connectivity index (χ3v) is 8.86. The number of imidazole rings is 1. The Bertz CT molecular complexity index is 1790. The zero-order valence-electron chi connectivity index (χ0n) is 29.5. The molecule has 0 radical (unpaired) electrons. The van der Waals surface area contributed by atoms with Crippen LogP contribution in [0.5, 0.6) is 28.7 Å². The van der Waals surface area contributed by atoms with Crippen molar-refractivity contribution < 1.29 is 18.9 Å². The normalized spacial score (nSPS) is 11.3. The minimum absolute atomic E-state index is 0.295. The lowest BCUT2D eigenvalue weighted by atomic mass is 10.1. The molecule has 0 N–H and O–H groups in total. The summed E-state index contributed by atoms with van der Waals surface area (Å²) in [6.45, 7) is 16.0. The second-order valence-electron chi connectivity index (χ2n) is 12.1. The first-order valence-corrected chi connectivity index (χ1v) is 17.9. The molecule has 0 bridgehead atoms. The second-order valence-corrected chi connectivity index (χ2v) is 12.5. The van der Waals surface area contributed by atoms with Crippen LogP contribution in [0.1, 0.15) is 64.6 Å². The van der Waals surface area contributed by atoms with Gasteiger partial charge in [-0.05, 0) is 87.3 Å². The van der Waals surface area contributed by atoms with Gasteiger partial charge in [-0.1, -0.05) is 51.8 Å². The molecule has 0 aliphatic heterocycles. The molecule has 0 aliphatic rings. The van der Waals surface area contributed by atoms with E-state index in [0.29, 0.717) is 42.1 Å². The van der Waals surface area contributed by atoms with Gasteiger partial charge in [0, 0.05) is 42.5 Å². The van der Waals surface area contributed by atoms with Crippen LogP contribution in [0.2, 0.25) is 5.02 Å². The molecule has 2 heterocycles. The molecule has 5 aromatic rings.